The van der Waals surface area contributed by atoms with E-state index in [1.165, 1.54) is 11.1 Å². The first-order valence-corrected chi connectivity index (χ1v) is 7.52. The summed E-state index contributed by atoms with van der Waals surface area (Å²) in [6, 6.07) is -0.0981. The molecule has 0 spiro atoms. The number of rotatable bonds is 2. The number of halogens is 3. The van der Waals surface area contributed by atoms with Gasteiger partial charge in [-0.3, -0.25) is 0 Å². The maximum Gasteiger partial charge on any atom is 0.407 e. The Kier molecular flexibility index (Phi) is 4.11. The van der Waals surface area contributed by atoms with Gasteiger partial charge in [-0.2, -0.15) is 4.98 Å². The van der Waals surface area contributed by atoms with Gasteiger partial charge in [0.25, 0.3) is 0 Å². The van der Waals surface area contributed by atoms with Crippen molar-refractivity contribution in [3.05, 3.63) is 22.5 Å². The van der Waals surface area contributed by atoms with E-state index in [1.54, 1.807) is 11.9 Å². The number of pyridine rings is 1. The zero-order valence-electron chi connectivity index (χ0n) is 12.0. The van der Waals surface area contributed by atoms with Gasteiger partial charge < -0.3 is 14.9 Å². The minimum Gasteiger partial charge on any atom is -0.465 e. The van der Waals surface area contributed by atoms with Crippen molar-refractivity contribution in [3.63, 3.8) is 0 Å². The molecule has 122 valence electrons. The number of anilines is 1. The number of aromatic nitrogens is 3. The molecule has 0 aromatic carbocycles. The van der Waals surface area contributed by atoms with Crippen molar-refractivity contribution in [2.24, 2.45) is 0 Å². The van der Waals surface area contributed by atoms with Crippen molar-refractivity contribution in [1.82, 2.24) is 19.9 Å². The number of carboxylic acid groups (broad SMARTS) is 1. The molecule has 1 amide bonds. The quantitative estimate of drug-likeness (QED) is 0.655. The second kappa shape index (κ2) is 5.93. The van der Waals surface area contributed by atoms with Gasteiger partial charge in [0, 0.05) is 32.4 Å². The predicted molar refractivity (Wildman–Crippen MR) is 83.7 cm³/mol. The molecule has 0 aliphatic carbocycles. The molecule has 1 N–H and O–H groups in total. The van der Waals surface area contributed by atoms with Crippen LogP contribution in [0.1, 0.15) is 6.42 Å². The van der Waals surface area contributed by atoms with Crippen LogP contribution in [0.25, 0.3) is 10.9 Å². The first-order chi connectivity index (χ1) is 10.9. The average Bonchev–Trinajstić information content (AvgIpc) is 3.00. The topological polar surface area (TPSA) is 82.5 Å². The van der Waals surface area contributed by atoms with Crippen LogP contribution in [0.2, 0.25) is 10.4 Å². The summed E-state index contributed by atoms with van der Waals surface area (Å²) in [6.45, 7) is 0.762. The zero-order chi connectivity index (χ0) is 16.7. The largest absolute Gasteiger partial charge is 0.465 e. The highest BCUT2D eigenvalue weighted by Crippen LogP contribution is 2.30. The molecule has 7 nitrogen and oxygen atoms in total. The van der Waals surface area contributed by atoms with Crippen LogP contribution in [0, 0.1) is 5.82 Å². The molecule has 1 fully saturated rings. The van der Waals surface area contributed by atoms with E-state index >= 15 is 0 Å². The van der Waals surface area contributed by atoms with Gasteiger partial charge in [0.15, 0.2) is 11.0 Å². The maximum absolute atomic E-state index is 14.1. The standard InChI is InChI=1S/C13H12Cl2FN5O2/c1-20(6-2-3-21(5-6)13(22)23)11-7-4-17-10(14)8(16)9(7)18-12(15)19-11/h4,6H,2-3,5H2,1H3,(H,22,23). The summed E-state index contributed by atoms with van der Waals surface area (Å²) in [5.41, 5.74) is -0.0139. The van der Waals surface area contributed by atoms with Gasteiger partial charge in [0.05, 0.1) is 5.39 Å². The Hall–Kier alpha value is -1.93. The molecule has 1 saturated heterocycles. The van der Waals surface area contributed by atoms with Gasteiger partial charge in [-0.15, -0.1) is 0 Å². The third kappa shape index (κ3) is 2.84. The molecule has 10 heteroatoms. The SMILES string of the molecule is CN(c1nc(Cl)nc2c(F)c(Cl)ncc12)C1CCN(C(=O)O)C1. The van der Waals surface area contributed by atoms with Crippen LogP contribution in [-0.4, -0.2) is 57.2 Å². The fourth-order valence-corrected chi connectivity index (χ4v) is 2.97. The number of amides is 1. The van der Waals surface area contributed by atoms with Crippen LogP contribution >= 0.6 is 23.2 Å². The molecule has 0 bridgehead atoms. The lowest BCUT2D eigenvalue weighted by Gasteiger charge is -2.26. The van der Waals surface area contributed by atoms with Gasteiger partial charge in [-0.1, -0.05) is 11.6 Å². The molecule has 0 radical (unpaired) electrons. The lowest BCUT2D eigenvalue weighted by Crippen LogP contribution is -2.36. The van der Waals surface area contributed by atoms with E-state index in [4.69, 9.17) is 28.3 Å². The lowest BCUT2D eigenvalue weighted by atomic mass is 10.2. The summed E-state index contributed by atoms with van der Waals surface area (Å²) in [5.74, 6) is -0.373. The summed E-state index contributed by atoms with van der Waals surface area (Å²) in [5, 5.41) is 9.01. The highest BCUT2D eigenvalue weighted by Gasteiger charge is 2.30. The number of likely N-dealkylation sites (tertiary alicyclic amines) is 1. The minimum atomic E-state index is -0.967. The van der Waals surface area contributed by atoms with Gasteiger partial charge in [0.2, 0.25) is 5.28 Å². The summed E-state index contributed by atoms with van der Waals surface area (Å²) >= 11 is 11.6. The molecule has 1 unspecified atom stereocenters. The number of hydrogen-bond donors (Lipinski definition) is 1. The maximum atomic E-state index is 14.1. The normalized spacial score (nSPS) is 17.7. The van der Waals surface area contributed by atoms with Crippen LogP contribution in [0.4, 0.5) is 15.0 Å². The Morgan fingerprint density at radius 1 is 1.48 bits per heavy atom. The number of hydrogen-bond acceptors (Lipinski definition) is 5. The Morgan fingerprint density at radius 3 is 2.87 bits per heavy atom. The summed E-state index contributed by atoms with van der Waals surface area (Å²) < 4.78 is 14.1. The molecule has 0 saturated carbocycles. The fourth-order valence-electron chi connectivity index (χ4n) is 2.67. The summed E-state index contributed by atoms with van der Waals surface area (Å²) in [6.07, 6.45) is 1.05. The molecule has 1 aliphatic heterocycles. The highest BCUT2D eigenvalue weighted by atomic mass is 35.5. The molecule has 2 aromatic rings. The number of likely N-dealkylation sites (N-methyl/N-ethyl adjacent to an activating group) is 1. The predicted octanol–water partition coefficient (Wildman–Crippen LogP) is 2.66. The Morgan fingerprint density at radius 2 is 2.22 bits per heavy atom. The van der Waals surface area contributed by atoms with Gasteiger partial charge in [-0.05, 0) is 18.0 Å². The third-order valence-electron chi connectivity index (χ3n) is 3.91. The van der Waals surface area contributed by atoms with E-state index in [9.17, 15) is 9.18 Å². The second-order valence-corrected chi connectivity index (χ2v) is 5.92. The van der Waals surface area contributed by atoms with Crippen molar-refractivity contribution in [2.75, 3.05) is 25.0 Å². The number of fused-ring (bicyclic) bond motifs is 1. The first kappa shape index (κ1) is 15.9. The lowest BCUT2D eigenvalue weighted by molar-refractivity contribution is 0.155. The highest BCUT2D eigenvalue weighted by molar-refractivity contribution is 6.30. The van der Waals surface area contributed by atoms with E-state index in [0.717, 1.165) is 0 Å². The van der Waals surface area contributed by atoms with Gasteiger partial charge in [-0.25, -0.2) is 19.2 Å². The van der Waals surface area contributed by atoms with Crippen LogP contribution in [0.15, 0.2) is 6.20 Å². The minimum absolute atomic E-state index is 0.0139. The molecule has 2 aromatic heterocycles. The molecular weight excluding hydrogens is 348 g/mol. The number of carbonyl (C=O) groups is 1. The molecule has 1 atom stereocenters. The van der Waals surface area contributed by atoms with E-state index < -0.39 is 11.9 Å². The van der Waals surface area contributed by atoms with Crippen molar-refractivity contribution in [1.29, 1.82) is 0 Å². The molecule has 23 heavy (non-hydrogen) atoms. The van der Waals surface area contributed by atoms with E-state index in [2.05, 4.69) is 15.0 Å². The van der Waals surface area contributed by atoms with E-state index in [-0.39, 0.29) is 22.0 Å². The van der Waals surface area contributed by atoms with Crippen LogP contribution < -0.4 is 4.90 Å². The zero-order valence-corrected chi connectivity index (χ0v) is 13.5. The van der Waals surface area contributed by atoms with E-state index in [0.29, 0.717) is 30.7 Å². The van der Waals surface area contributed by atoms with Crippen LogP contribution in [0.3, 0.4) is 0 Å². The summed E-state index contributed by atoms with van der Waals surface area (Å²) in [7, 11) is 1.75. The van der Waals surface area contributed by atoms with E-state index in [1.807, 2.05) is 0 Å². The van der Waals surface area contributed by atoms with Crippen molar-refractivity contribution in [3.8, 4) is 0 Å². The van der Waals surface area contributed by atoms with Crippen molar-refractivity contribution >= 4 is 46.0 Å². The van der Waals surface area contributed by atoms with Gasteiger partial charge in [0.1, 0.15) is 11.3 Å². The van der Waals surface area contributed by atoms with Crippen molar-refractivity contribution in [2.45, 2.75) is 12.5 Å². The fraction of sp³-hybridized carbons (Fsp3) is 0.385. The Balaban J connectivity index is 2.02. The molecular formula is C13H12Cl2FN5O2. The second-order valence-electron chi connectivity index (χ2n) is 5.22. The van der Waals surface area contributed by atoms with Crippen LogP contribution in [0.5, 0.6) is 0 Å². The molecule has 3 heterocycles. The van der Waals surface area contributed by atoms with Gasteiger partial charge >= 0.3 is 6.09 Å². The first-order valence-electron chi connectivity index (χ1n) is 6.76. The Labute approximate surface area is 140 Å². The summed E-state index contributed by atoms with van der Waals surface area (Å²) in [4.78, 5) is 25.9. The van der Waals surface area contributed by atoms with Crippen LogP contribution in [-0.2, 0) is 0 Å². The van der Waals surface area contributed by atoms with Crippen molar-refractivity contribution < 1.29 is 14.3 Å². The average molecular weight is 360 g/mol. The number of nitrogens with zero attached hydrogens (tertiary/aromatic N) is 5. The smallest absolute Gasteiger partial charge is 0.407 e. The molecule has 1 aliphatic rings. The Bertz CT molecular complexity index is 791. The third-order valence-corrected chi connectivity index (χ3v) is 4.34. The molecule has 3 rings (SSSR count). The monoisotopic (exact) mass is 359 g/mol.